The maximum atomic E-state index is 12.6. The molecule has 6 nitrogen and oxygen atoms in total. The third-order valence-corrected chi connectivity index (χ3v) is 4.13. The Morgan fingerprint density at radius 1 is 1.33 bits per heavy atom. The number of aromatic nitrogens is 2. The lowest BCUT2D eigenvalue weighted by molar-refractivity contribution is 0.0781. The molecule has 4 rings (SSSR count). The fourth-order valence-electron chi connectivity index (χ4n) is 2.69. The molecule has 0 fully saturated rings. The van der Waals surface area contributed by atoms with Crippen LogP contribution in [0.15, 0.2) is 36.4 Å². The van der Waals surface area contributed by atoms with E-state index in [0.29, 0.717) is 28.6 Å². The highest BCUT2D eigenvalue weighted by Gasteiger charge is 2.22. The Morgan fingerprint density at radius 2 is 2.17 bits per heavy atom. The highest BCUT2D eigenvalue weighted by Crippen LogP contribution is 2.40. The normalized spacial score (nSPS) is 12.6. The van der Waals surface area contributed by atoms with Gasteiger partial charge in [-0.25, -0.2) is 4.98 Å². The number of carbonyl (C=O) groups excluding carboxylic acids is 1. The average molecular weight is 344 g/mol. The zero-order chi connectivity index (χ0) is 16.7. The molecule has 0 radical (unpaired) electrons. The largest absolute Gasteiger partial charge is 0.454 e. The van der Waals surface area contributed by atoms with Crippen LogP contribution in [0.25, 0.3) is 11.0 Å². The van der Waals surface area contributed by atoms with E-state index in [-0.39, 0.29) is 12.7 Å². The van der Waals surface area contributed by atoms with Crippen molar-refractivity contribution in [2.75, 3.05) is 13.8 Å². The second kappa shape index (κ2) is 5.72. The molecule has 1 N–H and O–H groups in total. The SMILES string of the molecule is CN(Cc1nc2ccccc2[nH]1)C(=O)c1cc(Cl)c2c(c1)OCO2. The van der Waals surface area contributed by atoms with Crippen LogP contribution in [-0.4, -0.2) is 34.6 Å². The fraction of sp³-hybridized carbons (Fsp3) is 0.176. The van der Waals surface area contributed by atoms with Crippen molar-refractivity contribution in [3.8, 4) is 11.5 Å². The monoisotopic (exact) mass is 343 g/mol. The Morgan fingerprint density at radius 3 is 3.00 bits per heavy atom. The highest BCUT2D eigenvalue weighted by atomic mass is 35.5. The van der Waals surface area contributed by atoms with Gasteiger partial charge in [-0.3, -0.25) is 4.79 Å². The molecule has 2 heterocycles. The molecule has 2 aromatic carbocycles. The molecular weight excluding hydrogens is 330 g/mol. The summed E-state index contributed by atoms with van der Waals surface area (Å²) in [7, 11) is 1.72. The second-order valence-electron chi connectivity index (χ2n) is 5.55. The number of para-hydroxylation sites is 2. The smallest absolute Gasteiger partial charge is 0.254 e. The Labute approximate surface area is 143 Å². The third-order valence-electron chi connectivity index (χ3n) is 3.85. The number of hydrogen-bond donors (Lipinski definition) is 1. The molecule has 0 bridgehead atoms. The van der Waals surface area contributed by atoms with Crippen LogP contribution in [0.4, 0.5) is 0 Å². The molecule has 0 saturated carbocycles. The van der Waals surface area contributed by atoms with Crippen LogP contribution in [0.3, 0.4) is 0 Å². The number of ether oxygens (including phenoxy) is 2. The molecule has 1 aliphatic heterocycles. The number of imidazole rings is 1. The molecule has 1 aliphatic rings. The van der Waals surface area contributed by atoms with E-state index in [1.54, 1.807) is 24.1 Å². The summed E-state index contributed by atoms with van der Waals surface area (Å²) in [4.78, 5) is 21.9. The summed E-state index contributed by atoms with van der Waals surface area (Å²) < 4.78 is 10.6. The van der Waals surface area contributed by atoms with Crippen molar-refractivity contribution in [2.45, 2.75) is 6.54 Å². The summed E-state index contributed by atoms with van der Waals surface area (Å²) in [5.41, 5.74) is 2.27. The molecule has 0 spiro atoms. The predicted octanol–water partition coefficient (Wildman–Crippen LogP) is 3.22. The van der Waals surface area contributed by atoms with E-state index in [9.17, 15) is 4.79 Å². The lowest BCUT2D eigenvalue weighted by atomic mass is 10.1. The molecule has 7 heteroatoms. The number of benzene rings is 2. The Hall–Kier alpha value is -2.73. The summed E-state index contributed by atoms with van der Waals surface area (Å²) in [6.07, 6.45) is 0. The lowest BCUT2D eigenvalue weighted by Crippen LogP contribution is -2.26. The molecule has 0 aliphatic carbocycles. The van der Waals surface area contributed by atoms with Crippen LogP contribution >= 0.6 is 11.6 Å². The van der Waals surface area contributed by atoms with E-state index in [0.717, 1.165) is 16.9 Å². The summed E-state index contributed by atoms with van der Waals surface area (Å²) in [5.74, 6) is 1.52. The summed E-state index contributed by atoms with van der Waals surface area (Å²) in [6.45, 7) is 0.473. The van der Waals surface area contributed by atoms with Gasteiger partial charge < -0.3 is 19.4 Å². The quantitative estimate of drug-likeness (QED) is 0.793. The zero-order valence-electron chi connectivity index (χ0n) is 12.9. The number of nitrogens with one attached hydrogen (secondary N) is 1. The minimum atomic E-state index is -0.171. The first-order valence-electron chi connectivity index (χ1n) is 7.40. The van der Waals surface area contributed by atoms with Crippen molar-refractivity contribution >= 4 is 28.5 Å². The van der Waals surface area contributed by atoms with Gasteiger partial charge in [-0.1, -0.05) is 23.7 Å². The lowest BCUT2D eigenvalue weighted by Gasteiger charge is -2.16. The molecule has 3 aromatic rings. The fourth-order valence-corrected chi connectivity index (χ4v) is 2.95. The van der Waals surface area contributed by atoms with Gasteiger partial charge in [0.15, 0.2) is 11.5 Å². The van der Waals surface area contributed by atoms with Crippen molar-refractivity contribution in [3.63, 3.8) is 0 Å². The van der Waals surface area contributed by atoms with E-state index in [4.69, 9.17) is 21.1 Å². The van der Waals surface area contributed by atoms with E-state index < -0.39 is 0 Å². The number of carbonyl (C=O) groups is 1. The number of rotatable bonds is 3. The number of aromatic amines is 1. The maximum absolute atomic E-state index is 12.6. The number of fused-ring (bicyclic) bond motifs is 2. The van der Waals surface area contributed by atoms with Crippen molar-refractivity contribution in [1.29, 1.82) is 0 Å². The molecule has 122 valence electrons. The maximum Gasteiger partial charge on any atom is 0.254 e. The Kier molecular flexibility index (Phi) is 3.54. The minimum absolute atomic E-state index is 0.113. The number of H-pyrrole nitrogens is 1. The molecule has 0 unspecified atom stereocenters. The number of nitrogens with zero attached hydrogens (tertiary/aromatic N) is 2. The van der Waals surface area contributed by atoms with Gasteiger partial charge in [-0.05, 0) is 24.3 Å². The molecule has 1 amide bonds. The van der Waals surface area contributed by atoms with Gasteiger partial charge in [0.05, 0.1) is 22.6 Å². The van der Waals surface area contributed by atoms with Crippen molar-refractivity contribution in [1.82, 2.24) is 14.9 Å². The second-order valence-corrected chi connectivity index (χ2v) is 5.96. The predicted molar refractivity (Wildman–Crippen MR) is 89.5 cm³/mol. The minimum Gasteiger partial charge on any atom is -0.454 e. The highest BCUT2D eigenvalue weighted by molar-refractivity contribution is 6.32. The van der Waals surface area contributed by atoms with Crippen LogP contribution < -0.4 is 9.47 Å². The van der Waals surface area contributed by atoms with Gasteiger partial charge in [0.25, 0.3) is 5.91 Å². The van der Waals surface area contributed by atoms with Crippen LogP contribution in [0.5, 0.6) is 11.5 Å². The number of halogens is 1. The topological polar surface area (TPSA) is 67.5 Å². The Balaban J connectivity index is 1.57. The van der Waals surface area contributed by atoms with Crippen molar-refractivity contribution in [3.05, 3.63) is 52.8 Å². The van der Waals surface area contributed by atoms with Gasteiger partial charge in [0, 0.05) is 12.6 Å². The van der Waals surface area contributed by atoms with Crippen LogP contribution in [0.1, 0.15) is 16.2 Å². The molecule has 0 saturated heterocycles. The first-order chi connectivity index (χ1) is 11.6. The Bertz CT molecular complexity index is 905. The first-order valence-corrected chi connectivity index (χ1v) is 7.78. The van der Waals surface area contributed by atoms with E-state index in [1.807, 2.05) is 24.3 Å². The average Bonchev–Trinajstić information content (AvgIpc) is 3.19. The van der Waals surface area contributed by atoms with Crippen LogP contribution in [0.2, 0.25) is 5.02 Å². The van der Waals surface area contributed by atoms with Crippen molar-refractivity contribution in [2.24, 2.45) is 0 Å². The molecular formula is C17H14ClN3O3. The van der Waals surface area contributed by atoms with Gasteiger partial charge in [-0.2, -0.15) is 0 Å². The van der Waals surface area contributed by atoms with Crippen LogP contribution in [0, 0.1) is 0 Å². The zero-order valence-corrected chi connectivity index (χ0v) is 13.6. The van der Waals surface area contributed by atoms with E-state index in [1.165, 1.54) is 0 Å². The number of hydrogen-bond acceptors (Lipinski definition) is 4. The van der Waals surface area contributed by atoms with E-state index in [2.05, 4.69) is 9.97 Å². The summed E-state index contributed by atoms with van der Waals surface area (Å²) >= 11 is 6.14. The first kappa shape index (κ1) is 14.8. The summed E-state index contributed by atoms with van der Waals surface area (Å²) in [6, 6.07) is 11.0. The third kappa shape index (κ3) is 2.55. The standard InChI is InChI=1S/C17H14ClN3O3/c1-21(8-15-19-12-4-2-3-5-13(12)20-15)17(22)10-6-11(18)16-14(7-10)23-9-24-16/h2-7H,8-9H2,1H3,(H,19,20). The molecule has 24 heavy (non-hydrogen) atoms. The number of amides is 1. The van der Waals surface area contributed by atoms with Gasteiger partial charge in [0.2, 0.25) is 6.79 Å². The van der Waals surface area contributed by atoms with Gasteiger partial charge in [-0.15, -0.1) is 0 Å². The molecule has 0 atom stereocenters. The van der Waals surface area contributed by atoms with Gasteiger partial charge >= 0.3 is 0 Å². The summed E-state index contributed by atoms with van der Waals surface area (Å²) in [5, 5.41) is 0.366. The van der Waals surface area contributed by atoms with Crippen LogP contribution in [-0.2, 0) is 6.54 Å². The molecule has 1 aromatic heterocycles. The van der Waals surface area contributed by atoms with Crippen molar-refractivity contribution < 1.29 is 14.3 Å². The van der Waals surface area contributed by atoms with E-state index >= 15 is 0 Å². The van der Waals surface area contributed by atoms with Gasteiger partial charge in [0.1, 0.15) is 5.82 Å².